The zero-order valence-electron chi connectivity index (χ0n) is 12.9. The van der Waals surface area contributed by atoms with Crippen molar-refractivity contribution in [1.82, 2.24) is 5.32 Å². The number of carbonyl (C=O) groups excluding carboxylic acids is 1. The van der Waals surface area contributed by atoms with Crippen LogP contribution in [0, 0.1) is 5.82 Å². The quantitative estimate of drug-likeness (QED) is 0.723. The largest absolute Gasteiger partial charge is 0.468 e. The summed E-state index contributed by atoms with van der Waals surface area (Å²) in [7, 11) is 0. The highest BCUT2D eigenvalue weighted by molar-refractivity contribution is 5.95. The van der Waals surface area contributed by atoms with Crippen molar-refractivity contribution >= 4 is 11.6 Å². The molecule has 0 aliphatic carbocycles. The molecule has 1 amide bonds. The molecule has 4 nitrogen and oxygen atoms in total. The Balaban J connectivity index is 1.75. The molecule has 0 unspecified atom stereocenters. The van der Waals surface area contributed by atoms with Gasteiger partial charge in [-0.25, -0.2) is 4.39 Å². The lowest BCUT2D eigenvalue weighted by atomic mass is 10.1. The minimum atomic E-state index is -0.554. The Morgan fingerprint density at radius 3 is 2.42 bits per heavy atom. The third-order valence-corrected chi connectivity index (χ3v) is 3.57. The van der Waals surface area contributed by atoms with Gasteiger partial charge in [0.05, 0.1) is 12.8 Å². The molecule has 3 rings (SSSR count). The summed E-state index contributed by atoms with van der Waals surface area (Å²) in [5.74, 6) is 0.174. The number of hydrogen-bond acceptors (Lipinski definition) is 3. The van der Waals surface area contributed by atoms with Gasteiger partial charge in [0.25, 0.3) is 0 Å². The SMILES string of the molecule is O=C(Nc1ccc(F)cc1)[C@@H](NCc1ccco1)c1ccccc1. The van der Waals surface area contributed by atoms with Gasteiger partial charge >= 0.3 is 0 Å². The second kappa shape index (κ2) is 7.57. The van der Waals surface area contributed by atoms with Gasteiger partial charge in [0.15, 0.2) is 0 Å². The van der Waals surface area contributed by atoms with Crippen molar-refractivity contribution in [3.05, 3.63) is 90.1 Å². The number of halogens is 1. The monoisotopic (exact) mass is 324 g/mol. The maximum absolute atomic E-state index is 13.0. The summed E-state index contributed by atoms with van der Waals surface area (Å²) in [6.07, 6.45) is 1.59. The molecule has 0 aliphatic rings. The molecule has 0 aliphatic heterocycles. The standard InChI is InChI=1S/C19H17FN2O2/c20-15-8-10-16(11-9-15)22-19(23)18(14-5-2-1-3-6-14)21-13-17-7-4-12-24-17/h1-12,18,21H,13H2,(H,22,23)/t18-/m0/s1. The van der Waals surface area contributed by atoms with E-state index in [1.165, 1.54) is 24.3 Å². The van der Waals surface area contributed by atoms with Crippen LogP contribution in [0.5, 0.6) is 0 Å². The van der Waals surface area contributed by atoms with Crippen LogP contribution in [0.2, 0.25) is 0 Å². The van der Waals surface area contributed by atoms with E-state index in [9.17, 15) is 9.18 Å². The van der Waals surface area contributed by atoms with Crippen molar-refractivity contribution in [2.75, 3.05) is 5.32 Å². The molecule has 2 aromatic carbocycles. The Hall–Kier alpha value is -2.92. The predicted molar refractivity (Wildman–Crippen MR) is 89.8 cm³/mol. The van der Waals surface area contributed by atoms with Gasteiger partial charge in [-0.05, 0) is 42.0 Å². The first-order chi connectivity index (χ1) is 11.7. The lowest BCUT2D eigenvalue weighted by Gasteiger charge is -2.18. The summed E-state index contributed by atoms with van der Waals surface area (Å²) in [6.45, 7) is 0.420. The third kappa shape index (κ3) is 4.08. The number of rotatable bonds is 6. The second-order valence-corrected chi connectivity index (χ2v) is 5.30. The zero-order valence-corrected chi connectivity index (χ0v) is 12.9. The Bertz CT molecular complexity index is 771. The summed E-state index contributed by atoms with van der Waals surface area (Å²) in [5.41, 5.74) is 1.38. The molecular formula is C19H17FN2O2. The summed E-state index contributed by atoms with van der Waals surface area (Å²) < 4.78 is 18.3. The molecule has 24 heavy (non-hydrogen) atoms. The van der Waals surface area contributed by atoms with Crippen LogP contribution in [0.1, 0.15) is 17.4 Å². The van der Waals surface area contributed by atoms with E-state index in [4.69, 9.17) is 4.42 Å². The molecule has 0 fully saturated rings. The van der Waals surface area contributed by atoms with Crippen molar-refractivity contribution in [2.24, 2.45) is 0 Å². The third-order valence-electron chi connectivity index (χ3n) is 3.57. The summed E-state index contributed by atoms with van der Waals surface area (Å²) in [6, 6.07) is 18.2. The Labute approximate surface area is 139 Å². The van der Waals surface area contributed by atoms with Gasteiger partial charge in [-0.1, -0.05) is 30.3 Å². The topological polar surface area (TPSA) is 54.3 Å². The minimum Gasteiger partial charge on any atom is -0.468 e. The van der Waals surface area contributed by atoms with Crippen LogP contribution in [0.3, 0.4) is 0 Å². The van der Waals surface area contributed by atoms with Crippen LogP contribution < -0.4 is 10.6 Å². The first-order valence-electron chi connectivity index (χ1n) is 7.59. The molecule has 122 valence electrons. The van der Waals surface area contributed by atoms with E-state index in [2.05, 4.69) is 10.6 Å². The van der Waals surface area contributed by atoms with Gasteiger partial charge in [-0.3, -0.25) is 10.1 Å². The maximum atomic E-state index is 13.0. The number of amides is 1. The molecule has 1 aromatic heterocycles. The van der Waals surface area contributed by atoms with Crippen LogP contribution in [-0.4, -0.2) is 5.91 Å². The molecular weight excluding hydrogens is 307 g/mol. The van der Waals surface area contributed by atoms with E-state index in [1.807, 2.05) is 36.4 Å². The average molecular weight is 324 g/mol. The molecule has 0 bridgehead atoms. The molecule has 0 saturated carbocycles. The van der Waals surface area contributed by atoms with Crippen LogP contribution in [0.15, 0.2) is 77.4 Å². The van der Waals surface area contributed by atoms with Crippen LogP contribution in [0.4, 0.5) is 10.1 Å². The summed E-state index contributed by atoms with van der Waals surface area (Å²) in [4.78, 5) is 12.7. The van der Waals surface area contributed by atoms with E-state index in [-0.39, 0.29) is 11.7 Å². The second-order valence-electron chi connectivity index (χ2n) is 5.30. The van der Waals surface area contributed by atoms with Gasteiger partial charge in [0, 0.05) is 5.69 Å². The van der Waals surface area contributed by atoms with E-state index in [0.29, 0.717) is 12.2 Å². The van der Waals surface area contributed by atoms with Gasteiger partial charge in [0.1, 0.15) is 17.6 Å². The number of benzene rings is 2. The van der Waals surface area contributed by atoms with Gasteiger partial charge in [-0.2, -0.15) is 0 Å². The molecule has 1 atom stereocenters. The maximum Gasteiger partial charge on any atom is 0.246 e. The van der Waals surface area contributed by atoms with Crippen LogP contribution in [0.25, 0.3) is 0 Å². The first kappa shape index (κ1) is 16.0. The summed E-state index contributed by atoms with van der Waals surface area (Å²) >= 11 is 0. The summed E-state index contributed by atoms with van der Waals surface area (Å²) in [5, 5.41) is 5.99. The highest BCUT2D eigenvalue weighted by Crippen LogP contribution is 2.17. The smallest absolute Gasteiger partial charge is 0.246 e. The fraction of sp³-hybridized carbons (Fsp3) is 0.105. The van der Waals surface area contributed by atoms with Gasteiger partial charge < -0.3 is 9.73 Å². The molecule has 0 spiro atoms. The number of nitrogens with one attached hydrogen (secondary N) is 2. The lowest BCUT2D eigenvalue weighted by Crippen LogP contribution is -2.32. The number of carbonyl (C=O) groups is 1. The van der Waals surface area contributed by atoms with Crippen molar-refractivity contribution < 1.29 is 13.6 Å². The highest BCUT2D eigenvalue weighted by Gasteiger charge is 2.20. The van der Waals surface area contributed by atoms with E-state index in [0.717, 1.165) is 11.3 Å². The van der Waals surface area contributed by atoms with E-state index in [1.54, 1.807) is 12.3 Å². The average Bonchev–Trinajstić information content (AvgIpc) is 3.12. The highest BCUT2D eigenvalue weighted by atomic mass is 19.1. The fourth-order valence-corrected chi connectivity index (χ4v) is 2.37. The van der Waals surface area contributed by atoms with Crippen molar-refractivity contribution in [3.8, 4) is 0 Å². The molecule has 0 radical (unpaired) electrons. The number of hydrogen-bond donors (Lipinski definition) is 2. The molecule has 3 aromatic rings. The lowest BCUT2D eigenvalue weighted by molar-refractivity contribution is -0.118. The van der Waals surface area contributed by atoms with E-state index >= 15 is 0 Å². The first-order valence-corrected chi connectivity index (χ1v) is 7.59. The van der Waals surface area contributed by atoms with Crippen molar-refractivity contribution in [3.63, 3.8) is 0 Å². The predicted octanol–water partition coefficient (Wildman–Crippen LogP) is 3.89. The van der Waals surface area contributed by atoms with Crippen LogP contribution in [-0.2, 0) is 11.3 Å². The molecule has 0 saturated heterocycles. The fourth-order valence-electron chi connectivity index (χ4n) is 2.37. The Morgan fingerprint density at radius 2 is 1.75 bits per heavy atom. The number of furan rings is 1. The van der Waals surface area contributed by atoms with Crippen molar-refractivity contribution in [2.45, 2.75) is 12.6 Å². The zero-order chi connectivity index (χ0) is 16.8. The normalized spacial score (nSPS) is 11.9. The minimum absolute atomic E-state index is 0.223. The Kier molecular flexibility index (Phi) is 5.03. The number of anilines is 1. The van der Waals surface area contributed by atoms with Crippen LogP contribution >= 0.6 is 0 Å². The van der Waals surface area contributed by atoms with Gasteiger partial charge in [0.2, 0.25) is 5.91 Å². The van der Waals surface area contributed by atoms with E-state index < -0.39 is 6.04 Å². The molecule has 2 N–H and O–H groups in total. The molecule has 5 heteroatoms. The molecule has 1 heterocycles. The van der Waals surface area contributed by atoms with Gasteiger partial charge in [-0.15, -0.1) is 0 Å². The Morgan fingerprint density at radius 1 is 1.00 bits per heavy atom. The van der Waals surface area contributed by atoms with Crippen molar-refractivity contribution in [1.29, 1.82) is 0 Å².